The van der Waals surface area contributed by atoms with Gasteiger partial charge in [-0.3, -0.25) is 19.2 Å². The summed E-state index contributed by atoms with van der Waals surface area (Å²) < 4.78 is 6.51. The average Bonchev–Trinajstić information content (AvgIpc) is 2.37. The number of nitrogens with zero attached hydrogens (tertiary/aromatic N) is 2. The summed E-state index contributed by atoms with van der Waals surface area (Å²) in [6.07, 6.45) is 0. The maximum atomic E-state index is 12.1. The fourth-order valence-electron chi connectivity index (χ4n) is 2.25. The van der Waals surface area contributed by atoms with Crippen molar-refractivity contribution in [3.05, 3.63) is 31.6 Å². The number of morpholine rings is 1. The molecule has 1 fully saturated rings. The molecule has 19 heavy (non-hydrogen) atoms. The Morgan fingerprint density at radius 1 is 1.37 bits per heavy atom. The predicted octanol–water partition coefficient (Wildman–Crippen LogP) is 0.392. The molecule has 1 aromatic heterocycles. The van der Waals surface area contributed by atoms with E-state index in [0.29, 0.717) is 25.3 Å². The molecule has 2 rings (SSSR count). The lowest BCUT2D eigenvalue weighted by Crippen LogP contribution is -2.45. The lowest BCUT2D eigenvalue weighted by Gasteiger charge is -2.29. The van der Waals surface area contributed by atoms with Gasteiger partial charge in [-0.15, -0.1) is 0 Å². The standard InChI is InChI=1S/C12H18ClN3O3/c1-8(7-15-3-5-19-6-4-15)16-11(17)9(2)10(13)14-12(16)18/h8H,3-7H2,1-2H3,(H,14,18). The van der Waals surface area contributed by atoms with Crippen molar-refractivity contribution in [3.8, 4) is 0 Å². The van der Waals surface area contributed by atoms with Gasteiger partial charge in [-0.2, -0.15) is 0 Å². The number of H-pyrrole nitrogens is 1. The molecule has 1 aliphatic rings. The second-order valence-corrected chi connectivity index (χ2v) is 5.18. The normalized spacial score (nSPS) is 18.5. The molecule has 0 spiro atoms. The van der Waals surface area contributed by atoms with Gasteiger partial charge in [-0.25, -0.2) is 4.79 Å². The van der Waals surface area contributed by atoms with E-state index in [-0.39, 0.29) is 16.8 Å². The number of hydrogen-bond donors (Lipinski definition) is 1. The van der Waals surface area contributed by atoms with E-state index >= 15 is 0 Å². The Kier molecular flexibility index (Phi) is 4.44. The van der Waals surface area contributed by atoms with Gasteiger partial charge < -0.3 is 4.74 Å². The number of aromatic nitrogens is 2. The molecular weight excluding hydrogens is 270 g/mol. The number of nitrogens with one attached hydrogen (secondary N) is 1. The fraction of sp³-hybridized carbons (Fsp3) is 0.667. The molecule has 2 heterocycles. The zero-order valence-corrected chi connectivity index (χ0v) is 11.9. The van der Waals surface area contributed by atoms with Crippen LogP contribution in [0, 0.1) is 6.92 Å². The summed E-state index contributed by atoms with van der Waals surface area (Å²) >= 11 is 5.79. The molecule has 1 aliphatic heterocycles. The third-order valence-electron chi connectivity index (χ3n) is 3.37. The van der Waals surface area contributed by atoms with Gasteiger partial charge >= 0.3 is 5.69 Å². The Hall–Kier alpha value is -1.11. The third kappa shape index (κ3) is 3.08. The first-order chi connectivity index (χ1) is 9.00. The van der Waals surface area contributed by atoms with Crippen molar-refractivity contribution in [1.82, 2.24) is 14.5 Å². The Morgan fingerprint density at radius 3 is 2.63 bits per heavy atom. The molecular formula is C12H18ClN3O3. The van der Waals surface area contributed by atoms with Crippen molar-refractivity contribution >= 4 is 11.6 Å². The smallest absolute Gasteiger partial charge is 0.329 e. The SMILES string of the molecule is Cc1c(Cl)[nH]c(=O)n(C(C)CN2CCOCC2)c1=O. The van der Waals surface area contributed by atoms with Gasteiger partial charge in [0, 0.05) is 25.2 Å². The molecule has 1 saturated heterocycles. The second-order valence-electron chi connectivity index (χ2n) is 4.81. The minimum atomic E-state index is -0.457. The van der Waals surface area contributed by atoms with E-state index in [1.54, 1.807) is 6.92 Å². The minimum Gasteiger partial charge on any atom is -0.379 e. The molecule has 0 aliphatic carbocycles. The van der Waals surface area contributed by atoms with Gasteiger partial charge in [0.05, 0.1) is 19.3 Å². The average molecular weight is 288 g/mol. The van der Waals surface area contributed by atoms with E-state index in [1.165, 1.54) is 4.57 Å². The molecule has 0 radical (unpaired) electrons. The first-order valence-corrected chi connectivity index (χ1v) is 6.69. The van der Waals surface area contributed by atoms with E-state index in [9.17, 15) is 9.59 Å². The summed E-state index contributed by atoms with van der Waals surface area (Å²) in [6, 6.07) is -0.203. The molecule has 1 aromatic rings. The van der Waals surface area contributed by atoms with Crippen LogP contribution in [0.1, 0.15) is 18.5 Å². The minimum absolute atomic E-state index is 0.116. The molecule has 0 aromatic carbocycles. The van der Waals surface area contributed by atoms with Crippen LogP contribution >= 0.6 is 11.6 Å². The van der Waals surface area contributed by atoms with Gasteiger partial charge in [0.2, 0.25) is 0 Å². The summed E-state index contributed by atoms with van der Waals surface area (Å²) in [4.78, 5) is 28.7. The maximum absolute atomic E-state index is 12.1. The molecule has 1 atom stereocenters. The summed E-state index contributed by atoms with van der Waals surface area (Å²) in [5.74, 6) is 0. The Bertz CT molecular complexity index is 560. The highest BCUT2D eigenvalue weighted by molar-refractivity contribution is 6.30. The van der Waals surface area contributed by atoms with Crippen LogP contribution in [0.25, 0.3) is 0 Å². The van der Waals surface area contributed by atoms with Crippen LogP contribution in [0.2, 0.25) is 5.15 Å². The first-order valence-electron chi connectivity index (χ1n) is 6.31. The molecule has 7 heteroatoms. The number of ether oxygens (including phenoxy) is 1. The summed E-state index contributed by atoms with van der Waals surface area (Å²) in [6.45, 7) is 7.15. The first kappa shape index (κ1) is 14.3. The number of aromatic amines is 1. The molecule has 0 bridgehead atoms. The highest BCUT2D eigenvalue weighted by atomic mass is 35.5. The topological polar surface area (TPSA) is 67.3 Å². The monoisotopic (exact) mass is 287 g/mol. The van der Waals surface area contributed by atoms with Gasteiger partial charge in [-0.1, -0.05) is 11.6 Å². The van der Waals surface area contributed by atoms with Crippen LogP contribution in [-0.2, 0) is 4.74 Å². The molecule has 1 unspecified atom stereocenters. The van der Waals surface area contributed by atoms with Crippen LogP contribution in [0.4, 0.5) is 0 Å². The van der Waals surface area contributed by atoms with E-state index < -0.39 is 5.69 Å². The highest BCUT2D eigenvalue weighted by Gasteiger charge is 2.18. The third-order valence-corrected chi connectivity index (χ3v) is 3.75. The number of halogens is 1. The zero-order valence-electron chi connectivity index (χ0n) is 11.1. The van der Waals surface area contributed by atoms with Crippen molar-refractivity contribution in [3.63, 3.8) is 0 Å². The zero-order chi connectivity index (χ0) is 14.0. The highest BCUT2D eigenvalue weighted by Crippen LogP contribution is 2.08. The van der Waals surface area contributed by atoms with Crippen LogP contribution in [0.15, 0.2) is 9.59 Å². The van der Waals surface area contributed by atoms with Crippen molar-refractivity contribution in [1.29, 1.82) is 0 Å². The Balaban J connectivity index is 2.23. The molecule has 1 N–H and O–H groups in total. The maximum Gasteiger partial charge on any atom is 0.329 e. The molecule has 106 valence electrons. The van der Waals surface area contributed by atoms with Crippen molar-refractivity contribution in [2.24, 2.45) is 0 Å². The fourth-order valence-corrected chi connectivity index (χ4v) is 2.42. The molecule has 0 saturated carbocycles. The van der Waals surface area contributed by atoms with E-state index in [2.05, 4.69) is 9.88 Å². The quantitative estimate of drug-likeness (QED) is 0.817. The Morgan fingerprint density at radius 2 is 2.00 bits per heavy atom. The van der Waals surface area contributed by atoms with E-state index in [0.717, 1.165) is 13.1 Å². The summed E-state index contributed by atoms with van der Waals surface area (Å²) in [7, 11) is 0. The lowest BCUT2D eigenvalue weighted by molar-refractivity contribution is 0.0321. The van der Waals surface area contributed by atoms with Gasteiger partial charge in [0.25, 0.3) is 5.56 Å². The van der Waals surface area contributed by atoms with E-state index in [4.69, 9.17) is 16.3 Å². The van der Waals surface area contributed by atoms with E-state index in [1.807, 2.05) is 6.92 Å². The van der Waals surface area contributed by atoms with Gasteiger partial charge in [-0.05, 0) is 13.8 Å². The van der Waals surface area contributed by atoms with Gasteiger partial charge in [0.1, 0.15) is 5.15 Å². The van der Waals surface area contributed by atoms with Crippen molar-refractivity contribution in [2.75, 3.05) is 32.8 Å². The molecule has 0 amide bonds. The van der Waals surface area contributed by atoms with Crippen molar-refractivity contribution in [2.45, 2.75) is 19.9 Å². The van der Waals surface area contributed by atoms with Crippen LogP contribution in [0.3, 0.4) is 0 Å². The van der Waals surface area contributed by atoms with Crippen LogP contribution in [-0.4, -0.2) is 47.3 Å². The molecule has 6 nitrogen and oxygen atoms in total. The van der Waals surface area contributed by atoms with Crippen LogP contribution in [0.5, 0.6) is 0 Å². The summed E-state index contributed by atoms with van der Waals surface area (Å²) in [5.41, 5.74) is -0.411. The number of hydrogen-bond acceptors (Lipinski definition) is 4. The van der Waals surface area contributed by atoms with Crippen LogP contribution < -0.4 is 11.2 Å². The second kappa shape index (κ2) is 5.90. The lowest BCUT2D eigenvalue weighted by atomic mass is 10.2. The van der Waals surface area contributed by atoms with Crippen molar-refractivity contribution < 1.29 is 4.74 Å². The predicted molar refractivity (Wildman–Crippen MR) is 73.0 cm³/mol. The van der Waals surface area contributed by atoms with Gasteiger partial charge in [0.15, 0.2) is 0 Å². The largest absolute Gasteiger partial charge is 0.379 e. The Labute approximate surface area is 115 Å². The summed E-state index contributed by atoms with van der Waals surface area (Å²) in [5, 5.41) is 0.116. The number of rotatable bonds is 3.